The molecule has 0 aliphatic heterocycles. The Balaban J connectivity index is 3.32. The van der Waals surface area contributed by atoms with E-state index in [0.29, 0.717) is 6.61 Å². The van der Waals surface area contributed by atoms with Crippen LogP contribution in [0.4, 0.5) is 0 Å². The molecule has 0 amide bonds. The smallest absolute Gasteiger partial charge is 0.324 e. The number of carboxylic acid groups (broad SMARTS) is 1. The van der Waals surface area contributed by atoms with E-state index < -0.39 is 12.0 Å². The van der Waals surface area contributed by atoms with Crippen LogP contribution in [0.5, 0.6) is 0 Å². The predicted octanol–water partition coefficient (Wildman–Crippen LogP) is 3.42. The summed E-state index contributed by atoms with van der Waals surface area (Å²) in [6.45, 7) is 4.51. The van der Waals surface area contributed by atoms with Crippen LogP contribution in [0.2, 0.25) is 0 Å². The molecular weight excluding hydrogens is 262 g/mol. The van der Waals surface area contributed by atoms with Crippen molar-refractivity contribution in [2.24, 2.45) is 0 Å². The Morgan fingerprint density at radius 2 is 1.68 bits per heavy atom. The predicted molar refractivity (Wildman–Crippen MR) is 81.6 cm³/mol. The molecule has 0 rings (SSSR count). The van der Waals surface area contributed by atoms with Crippen LogP contribution in [0.25, 0.3) is 0 Å². The Morgan fingerprint density at radius 1 is 1.16 bits per heavy atom. The largest absolute Gasteiger partial charge is 0.480 e. The zero-order valence-electron chi connectivity index (χ0n) is 12.2. The standard InChI is InChI=1S/C14H29NO3S/c1-3-4-5-6-7-8-9-10-11-18-15-13(12(2)19)14(16)17/h12-13,15,19H,3-11H2,1-2H3,(H,16,17)/t12?,13-/m1/s1. The van der Waals surface area contributed by atoms with Gasteiger partial charge in [-0.3, -0.25) is 4.79 Å². The summed E-state index contributed by atoms with van der Waals surface area (Å²) in [4.78, 5) is 16.0. The second-order valence-electron chi connectivity index (χ2n) is 5.00. The van der Waals surface area contributed by atoms with Gasteiger partial charge in [-0.1, -0.05) is 58.8 Å². The monoisotopic (exact) mass is 291 g/mol. The van der Waals surface area contributed by atoms with Gasteiger partial charge >= 0.3 is 5.97 Å². The quantitative estimate of drug-likeness (QED) is 0.276. The van der Waals surface area contributed by atoms with Crippen molar-refractivity contribution in [2.45, 2.75) is 76.5 Å². The first-order valence-electron chi connectivity index (χ1n) is 7.37. The van der Waals surface area contributed by atoms with E-state index in [1.165, 1.54) is 38.5 Å². The molecule has 0 aliphatic carbocycles. The van der Waals surface area contributed by atoms with Gasteiger partial charge in [0, 0.05) is 5.25 Å². The highest BCUT2D eigenvalue weighted by molar-refractivity contribution is 7.81. The topological polar surface area (TPSA) is 58.6 Å². The number of aliphatic carboxylic acids is 1. The van der Waals surface area contributed by atoms with Crippen LogP contribution in [0.1, 0.15) is 65.2 Å². The molecule has 0 aromatic rings. The Kier molecular flexibility index (Phi) is 12.6. The first-order valence-corrected chi connectivity index (χ1v) is 7.89. The molecule has 0 fully saturated rings. The SMILES string of the molecule is CCCCCCCCCCON[C@@H](C(=O)O)C(C)S. The lowest BCUT2D eigenvalue weighted by Crippen LogP contribution is -2.42. The summed E-state index contributed by atoms with van der Waals surface area (Å²) in [5.41, 5.74) is 2.56. The number of carboxylic acids is 1. The van der Waals surface area contributed by atoms with Crippen LogP contribution in [-0.2, 0) is 9.63 Å². The first kappa shape index (κ1) is 18.7. The average Bonchev–Trinajstić information content (AvgIpc) is 2.35. The van der Waals surface area contributed by atoms with Gasteiger partial charge in [0.15, 0.2) is 0 Å². The summed E-state index contributed by atoms with van der Waals surface area (Å²) in [6.07, 6.45) is 9.92. The highest BCUT2D eigenvalue weighted by Gasteiger charge is 2.21. The fourth-order valence-corrected chi connectivity index (χ4v) is 2.00. The number of nitrogens with one attached hydrogen (secondary N) is 1. The maximum atomic E-state index is 10.8. The number of thiol groups is 1. The zero-order valence-corrected chi connectivity index (χ0v) is 13.1. The molecule has 0 radical (unpaired) electrons. The van der Waals surface area contributed by atoms with Crippen molar-refractivity contribution in [3.63, 3.8) is 0 Å². The van der Waals surface area contributed by atoms with E-state index in [2.05, 4.69) is 25.0 Å². The second kappa shape index (κ2) is 12.8. The summed E-state index contributed by atoms with van der Waals surface area (Å²) in [5, 5.41) is 8.61. The minimum Gasteiger partial charge on any atom is -0.480 e. The van der Waals surface area contributed by atoms with E-state index >= 15 is 0 Å². The molecule has 0 heterocycles. The van der Waals surface area contributed by atoms with Gasteiger partial charge in [-0.05, 0) is 6.42 Å². The van der Waals surface area contributed by atoms with E-state index in [0.717, 1.165) is 12.8 Å². The van der Waals surface area contributed by atoms with Gasteiger partial charge in [0.1, 0.15) is 6.04 Å². The minimum atomic E-state index is -0.932. The molecule has 114 valence electrons. The lowest BCUT2D eigenvalue weighted by atomic mass is 10.1. The molecular formula is C14H29NO3S. The third kappa shape index (κ3) is 11.3. The van der Waals surface area contributed by atoms with Gasteiger partial charge in [0.25, 0.3) is 0 Å². The van der Waals surface area contributed by atoms with Gasteiger partial charge in [-0.15, -0.1) is 0 Å². The summed E-state index contributed by atoms with van der Waals surface area (Å²) in [7, 11) is 0. The van der Waals surface area contributed by atoms with Crippen molar-refractivity contribution < 1.29 is 14.7 Å². The highest BCUT2D eigenvalue weighted by atomic mass is 32.1. The number of rotatable bonds is 13. The van der Waals surface area contributed by atoms with E-state index in [4.69, 9.17) is 9.94 Å². The Bertz CT molecular complexity index is 225. The summed E-state index contributed by atoms with van der Waals surface area (Å²) in [6, 6.07) is -0.752. The number of hydrogen-bond acceptors (Lipinski definition) is 4. The molecule has 2 N–H and O–H groups in total. The molecule has 0 saturated carbocycles. The van der Waals surface area contributed by atoms with E-state index in [9.17, 15) is 4.79 Å². The van der Waals surface area contributed by atoms with Crippen LogP contribution < -0.4 is 5.48 Å². The molecule has 0 aromatic heterocycles. The number of hydrogen-bond donors (Lipinski definition) is 3. The molecule has 0 saturated heterocycles. The molecule has 2 atom stereocenters. The molecule has 0 aliphatic rings. The number of hydroxylamine groups is 1. The summed E-state index contributed by atoms with van der Waals surface area (Å²) < 4.78 is 0. The van der Waals surface area contributed by atoms with E-state index in [1.54, 1.807) is 6.92 Å². The molecule has 0 spiro atoms. The third-order valence-corrected chi connectivity index (χ3v) is 3.36. The average molecular weight is 291 g/mol. The summed E-state index contributed by atoms with van der Waals surface area (Å²) in [5.74, 6) is -0.932. The first-order chi connectivity index (χ1) is 9.09. The zero-order chi connectivity index (χ0) is 14.5. The van der Waals surface area contributed by atoms with Crippen LogP contribution in [0.15, 0.2) is 0 Å². The third-order valence-electron chi connectivity index (χ3n) is 3.06. The molecule has 4 nitrogen and oxygen atoms in total. The van der Waals surface area contributed by atoms with Crippen molar-refractivity contribution in [2.75, 3.05) is 6.61 Å². The highest BCUT2D eigenvalue weighted by Crippen LogP contribution is 2.08. The van der Waals surface area contributed by atoms with E-state index in [-0.39, 0.29) is 5.25 Å². The molecule has 19 heavy (non-hydrogen) atoms. The van der Waals surface area contributed by atoms with Gasteiger partial charge < -0.3 is 9.94 Å². The maximum absolute atomic E-state index is 10.8. The van der Waals surface area contributed by atoms with Gasteiger partial charge in [-0.25, -0.2) is 0 Å². The van der Waals surface area contributed by atoms with Crippen LogP contribution in [-0.4, -0.2) is 29.0 Å². The molecule has 0 bridgehead atoms. The normalized spacial score (nSPS) is 14.3. The van der Waals surface area contributed by atoms with Crippen molar-refractivity contribution in [3.8, 4) is 0 Å². The minimum absolute atomic E-state index is 0.281. The van der Waals surface area contributed by atoms with Crippen LogP contribution in [0, 0.1) is 0 Å². The van der Waals surface area contributed by atoms with Crippen molar-refractivity contribution in [3.05, 3.63) is 0 Å². The Hall–Kier alpha value is -0.260. The summed E-state index contributed by atoms with van der Waals surface area (Å²) >= 11 is 4.11. The fourth-order valence-electron chi connectivity index (χ4n) is 1.81. The fraction of sp³-hybridized carbons (Fsp3) is 0.929. The van der Waals surface area contributed by atoms with Crippen LogP contribution in [0.3, 0.4) is 0 Å². The van der Waals surface area contributed by atoms with Crippen molar-refractivity contribution in [1.82, 2.24) is 5.48 Å². The van der Waals surface area contributed by atoms with Crippen molar-refractivity contribution in [1.29, 1.82) is 0 Å². The lowest BCUT2D eigenvalue weighted by Gasteiger charge is -2.16. The van der Waals surface area contributed by atoms with Gasteiger partial charge in [0.2, 0.25) is 0 Å². The van der Waals surface area contributed by atoms with Crippen molar-refractivity contribution >= 4 is 18.6 Å². The van der Waals surface area contributed by atoms with Gasteiger partial charge in [-0.2, -0.15) is 18.1 Å². The lowest BCUT2D eigenvalue weighted by molar-refractivity contribution is -0.144. The van der Waals surface area contributed by atoms with Crippen LogP contribution >= 0.6 is 12.6 Å². The molecule has 1 unspecified atom stereocenters. The Morgan fingerprint density at radius 3 is 2.16 bits per heavy atom. The van der Waals surface area contributed by atoms with Gasteiger partial charge in [0.05, 0.1) is 6.61 Å². The second-order valence-corrected chi connectivity index (χ2v) is 5.81. The Labute approximate surface area is 122 Å². The molecule has 0 aromatic carbocycles. The number of unbranched alkanes of at least 4 members (excludes halogenated alkanes) is 7. The van der Waals surface area contributed by atoms with E-state index in [1.807, 2.05) is 0 Å². The number of carbonyl (C=O) groups is 1. The maximum Gasteiger partial charge on any atom is 0.324 e. The molecule has 5 heteroatoms.